The van der Waals surface area contributed by atoms with E-state index in [1.54, 1.807) is 55.6 Å². The first-order valence-electron chi connectivity index (χ1n) is 15.5. The summed E-state index contributed by atoms with van der Waals surface area (Å²) >= 11 is 0. The van der Waals surface area contributed by atoms with Gasteiger partial charge in [0.05, 0.1) is 6.10 Å². The monoisotopic (exact) mass is 609 g/mol. The van der Waals surface area contributed by atoms with Crippen LogP contribution < -0.4 is 10.6 Å². The summed E-state index contributed by atoms with van der Waals surface area (Å²) in [5.74, 6) is -3.09. The van der Waals surface area contributed by atoms with Crippen LogP contribution in [0.1, 0.15) is 81.6 Å². The van der Waals surface area contributed by atoms with Gasteiger partial charge >= 0.3 is 0 Å². The molecule has 3 N–H and O–H groups in total. The van der Waals surface area contributed by atoms with Gasteiger partial charge in [0, 0.05) is 34.1 Å². The van der Waals surface area contributed by atoms with Crippen LogP contribution in [-0.4, -0.2) is 108 Å². The molecule has 43 heavy (non-hydrogen) atoms. The van der Waals surface area contributed by atoms with Crippen molar-refractivity contribution in [3.8, 4) is 0 Å². The Balaban J connectivity index is 6.62. The Hall–Kier alpha value is -2.95. The Labute approximate surface area is 259 Å². The molecule has 11 nitrogen and oxygen atoms in total. The molecular weight excluding hydrogens is 550 g/mol. The summed E-state index contributed by atoms with van der Waals surface area (Å²) in [6.45, 7) is 16.5. The lowest BCUT2D eigenvalue weighted by Crippen LogP contribution is -2.63. The molecule has 0 aliphatic rings. The number of aliphatic hydroxyl groups excluding tert-OH is 1. The lowest BCUT2D eigenvalue weighted by Gasteiger charge is -2.41. The maximum Gasteiger partial charge on any atom is 0.246 e. The minimum absolute atomic E-state index is 0.106. The van der Waals surface area contributed by atoms with Gasteiger partial charge in [0.2, 0.25) is 29.5 Å². The van der Waals surface area contributed by atoms with E-state index in [0.717, 1.165) is 0 Å². The van der Waals surface area contributed by atoms with E-state index in [-0.39, 0.29) is 35.5 Å². The van der Waals surface area contributed by atoms with Crippen molar-refractivity contribution in [2.75, 3.05) is 28.2 Å². The maximum atomic E-state index is 14.2. The SMILES string of the molecule is C/C=C/C[C@@H](C)[C@@H](O)[C@@H](C(=O)NC(CC)C(=O)NC)N(C)C(=O)[C@H](C(C)C)N(C)C(=O)[C@H](CC(C)C)N(C)C(=O)C(C)C. The largest absolute Gasteiger partial charge is 0.390 e. The van der Waals surface area contributed by atoms with Crippen LogP contribution in [-0.2, 0) is 24.0 Å². The number of carbonyl (C=O) groups excluding carboxylic acids is 5. The second kappa shape index (κ2) is 18.7. The highest BCUT2D eigenvalue weighted by Gasteiger charge is 2.43. The molecule has 0 aliphatic carbocycles. The first-order chi connectivity index (χ1) is 19.9. The highest BCUT2D eigenvalue weighted by Crippen LogP contribution is 2.23. The van der Waals surface area contributed by atoms with Crippen LogP contribution in [0.15, 0.2) is 12.2 Å². The lowest BCUT2D eigenvalue weighted by molar-refractivity contribution is -0.156. The number of aliphatic hydroxyl groups is 1. The fraction of sp³-hybridized carbons (Fsp3) is 0.781. The van der Waals surface area contributed by atoms with Crippen LogP contribution in [0.25, 0.3) is 0 Å². The van der Waals surface area contributed by atoms with E-state index in [1.165, 1.54) is 28.8 Å². The molecule has 0 heterocycles. The van der Waals surface area contributed by atoms with Crippen LogP contribution in [0.3, 0.4) is 0 Å². The number of nitrogens with one attached hydrogen (secondary N) is 2. The Kier molecular flexibility index (Phi) is 17.4. The summed E-state index contributed by atoms with van der Waals surface area (Å²) in [7, 11) is 6.06. The Morgan fingerprint density at radius 1 is 0.791 bits per heavy atom. The smallest absolute Gasteiger partial charge is 0.246 e. The molecule has 0 radical (unpaired) electrons. The molecule has 248 valence electrons. The molecule has 6 atom stereocenters. The van der Waals surface area contributed by atoms with Gasteiger partial charge in [-0.3, -0.25) is 24.0 Å². The lowest BCUT2D eigenvalue weighted by atomic mass is 9.91. The van der Waals surface area contributed by atoms with Crippen molar-refractivity contribution < 1.29 is 29.1 Å². The number of carbonyl (C=O) groups is 5. The third-order valence-electron chi connectivity index (χ3n) is 7.91. The molecule has 0 aromatic rings. The molecule has 0 saturated carbocycles. The minimum Gasteiger partial charge on any atom is -0.390 e. The van der Waals surface area contributed by atoms with Gasteiger partial charge in [-0.2, -0.15) is 0 Å². The number of amides is 5. The average molecular weight is 610 g/mol. The molecule has 0 aliphatic heterocycles. The predicted molar refractivity (Wildman–Crippen MR) is 170 cm³/mol. The van der Waals surface area contributed by atoms with E-state index in [2.05, 4.69) is 10.6 Å². The van der Waals surface area contributed by atoms with E-state index in [4.69, 9.17) is 0 Å². The van der Waals surface area contributed by atoms with Gasteiger partial charge in [-0.1, -0.05) is 67.5 Å². The Morgan fingerprint density at radius 3 is 1.74 bits per heavy atom. The molecule has 5 amide bonds. The molecular formula is C32H59N5O6. The summed E-state index contributed by atoms with van der Waals surface area (Å²) < 4.78 is 0. The van der Waals surface area contributed by atoms with Gasteiger partial charge in [0.15, 0.2) is 0 Å². The fourth-order valence-electron chi connectivity index (χ4n) is 5.19. The van der Waals surface area contributed by atoms with Crippen molar-refractivity contribution in [3.63, 3.8) is 0 Å². The number of rotatable bonds is 17. The van der Waals surface area contributed by atoms with Crippen LogP contribution >= 0.6 is 0 Å². The molecule has 0 rings (SSSR count). The summed E-state index contributed by atoms with van der Waals surface area (Å²) in [4.78, 5) is 71.0. The van der Waals surface area contributed by atoms with Gasteiger partial charge in [0.1, 0.15) is 24.2 Å². The number of nitrogens with zero attached hydrogens (tertiary/aromatic N) is 3. The Morgan fingerprint density at radius 2 is 1.33 bits per heavy atom. The van der Waals surface area contributed by atoms with Crippen molar-refractivity contribution in [2.45, 2.75) is 112 Å². The standard InChI is InChI=1S/C32H59N5O6/c1-14-16-17-22(9)27(38)26(29(40)34-23(15-2)28(39)33-10)37(13)32(43)25(20(5)6)36(12)31(42)24(18-19(3)4)35(11)30(41)21(7)8/h14,16,19-27,38H,15,17-18H2,1-13H3,(H,33,39)(H,34,40)/b16-14+/t22-,23?,24+,25+,26+,27-/m1/s1. The second-order valence-electron chi connectivity index (χ2n) is 12.6. The van der Waals surface area contributed by atoms with Crippen LogP contribution in [0.4, 0.5) is 0 Å². The molecule has 0 spiro atoms. The summed E-state index contributed by atoms with van der Waals surface area (Å²) in [6, 6.07) is -3.93. The third-order valence-corrected chi connectivity index (χ3v) is 7.91. The zero-order chi connectivity index (χ0) is 33.8. The number of likely N-dealkylation sites (N-methyl/N-ethyl adjacent to an activating group) is 4. The van der Waals surface area contributed by atoms with Crippen molar-refractivity contribution in [3.05, 3.63) is 12.2 Å². The zero-order valence-electron chi connectivity index (χ0n) is 28.8. The molecule has 0 saturated heterocycles. The quantitative estimate of drug-likeness (QED) is 0.217. The van der Waals surface area contributed by atoms with Gasteiger partial charge < -0.3 is 30.4 Å². The normalized spacial score (nSPS) is 15.9. The van der Waals surface area contributed by atoms with Crippen molar-refractivity contribution >= 4 is 29.5 Å². The highest BCUT2D eigenvalue weighted by atomic mass is 16.3. The topological polar surface area (TPSA) is 139 Å². The molecule has 0 fully saturated rings. The second-order valence-corrected chi connectivity index (χ2v) is 12.6. The van der Waals surface area contributed by atoms with Crippen LogP contribution in [0, 0.1) is 23.7 Å². The molecule has 0 aromatic carbocycles. The first kappa shape index (κ1) is 40.1. The minimum atomic E-state index is -1.33. The molecule has 0 aromatic heterocycles. The number of hydrogen-bond acceptors (Lipinski definition) is 6. The van der Waals surface area contributed by atoms with Crippen LogP contribution in [0.5, 0.6) is 0 Å². The van der Waals surface area contributed by atoms with Gasteiger partial charge in [0.25, 0.3) is 0 Å². The van der Waals surface area contributed by atoms with E-state index in [0.29, 0.717) is 19.3 Å². The van der Waals surface area contributed by atoms with Crippen molar-refractivity contribution in [2.24, 2.45) is 23.7 Å². The Bertz CT molecular complexity index is 966. The summed E-state index contributed by atoms with van der Waals surface area (Å²) in [6.07, 6.45) is 3.65. The van der Waals surface area contributed by atoms with Crippen molar-refractivity contribution in [1.29, 1.82) is 0 Å². The summed E-state index contributed by atoms with van der Waals surface area (Å²) in [5.41, 5.74) is 0. The number of allylic oxidation sites excluding steroid dienone is 2. The fourth-order valence-corrected chi connectivity index (χ4v) is 5.19. The third kappa shape index (κ3) is 11.2. The first-order valence-corrected chi connectivity index (χ1v) is 15.5. The molecule has 1 unspecified atom stereocenters. The predicted octanol–water partition coefficient (Wildman–Crippen LogP) is 2.43. The van der Waals surface area contributed by atoms with Gasteiger partial charge in [-0.25, -0.2) is 0 Å². The molecule has 0 bridgehead atoms. The maximum absolute atomic E-state index is 14.2. The summed E-state index contributed by atoms with van der Waals surface area (Å²) in [5, 5.41) is 16.6. The number of hydrogen-bond donors (Lipinski definition) is 3. The zero-order valence-corrected chi connectivity index (χ0v) is 28.8. The van der Waals surface area contributed by atoms with E-state index in [9.17, 15) is 29.1 Å². The van der Waals surface area contributed by atoms with Crippen LogP contribution in [0.2, 0.25) is 0 Å². The van der Waals surface area contributed by atoms with Crippen molar-refractivity contribution in [1.82, 2.24) is 25.3 Å². The van der Waals surface area contributed by atoms with E-state index < -0.39 is 48.0 Å². The molecule has 11 heteroatoms. The van der Waals surface area contributed by atoms with E-state index in [1.807, 2.05) is 32.9 Å². The van der Waals surface area contributed by atoms with E-state index >= 15 is 0 Å². The highest BCUT2D eigenvalue weighted by molar-refractivity contribution is 5.95. The van der Waals surface area contributed by atoms with Gasteiger partial charge in [-0.15, -0.1) is 0 Å². The average Bonchev–Trinajstić information content (AvgIpc) is 2.95. The van der Waals surface area contributed by atoms with Gasteiger partial charge in [-0.05, 0) is 43.9 Å².